The van der Waals surface area contributed by atoms with Gasteiger partial charge in [-0.15, -0.1) is 0 Å². The molecular weight excluding hydrogens is 370 g/mol. The number of amides is 2. The molecule has 1 atom stereocenters. The Bertz CT molecular complexity index is 894. The summed E-state index contributed by atoms with van der Waals surface area (Å²) in [6.45, 7) is 4.48. The monoisotopic (exact) mass is 397 g/mol. The molecule has 1 saturated carbocycles. The number of hydrogen-bond donors (Lipinski definition) is 1. The highest BCUT2D eigenvalue weighted by molar-refractivity contribution is 5.82. The number of carbonyl (C=O) groups is 2. The molecule has 2 fully saturated rings. The summed E-state index contributed by atoms with van der Waals surface area (Å²) in [5, 5.41) is 4.10. The Morgan fingerprint density at radius 3 is 2.76 bits per heavy atom. The zero-order chi connectivity index (χ0) is 20.0. The second-order valence-corrected chi connectivity index (χ2v) is 8.62. The van der Waals surface area contributed by atoms with E-state index in [1.165, 1.54) is 6.33 Å². The average Bonchev–Trinajstić information content (AvgIpc) is 3.24. The lowest BCUT2D eigenvalue weighted by Crippen LogP contribution is -2.59. The quantitative estimate of drug-likeness (QED) is 0.828. The number of rotatable bonds is 4. The highest BCUT2D eigenvalue weighted by atomic mass is 16.2. The van der Waals surface area contributed by atoms with Gasteiger partial charge in [-0.1, -0.05) is 6.92 Å². The van der Waals surface area contributed by atoms with Gasteiger partial charge >= 0.3 is 0 Å². The Labute approximate surface area is 169 Å². The fourth-order valence-electron chi connectivity index (χ4n) is 4.95. The molecule has 4 heterocycles. The molecule has 1 saturated heterocycles. The van der Waals surface area contributed by atoms with Gasteiger partial charge in [0.25, 0.3) is 0 Å². The van der Waals surface area contributed by atoms with Crippen molar-refractivity contribution in [3.05, 3.63) is 30.4 Å². The Morgan fingerprint density at radius 2 is 2.07 bits per heavy atom. The van der Waals surface area contributed by atoms with Crippen LogP contribution in [0, 0.1) is 11.8 Å². The number of nitrogens with zero attached hydrogens (tertiary/aromatic N) is 6. The lowest BCUT2D eigenvalue weighted by molar-refractivity contribution is -0.146. The van der Waals surface area contributed by atoms with Crippen LogP contribution in [-0.2, 0) is 28.1 Å². The van der Waals surface area contributed by atoms with E-state index in [-0.39, 0.29) is 29.2 Å². The molecule has 9 heteroatoms. The summed E-state index contributed by atoms with van der Waals surface area (Å²) in [6.07, 6.45) is 9.18. The largest absolute Gasteiger partial charge is 0.348 e. The van der Waals surface area contributed by atoms with Gasteiger partial charge in [0, 0.05) is 37.7 Å². The summed E-state index contributed by atoms with van der Waals surface area (Å²) in [6, 6.07) is 0. The molecule has 0 radical (unpaired) electrons. The minimum atomic E-state index is -0.376. The molecule has 2 amide bonds. The van der Waals surface area contributed by atoms with Gasteiger partial charge in [-0.3, -0.25) is 14.3 Å². The smallest absolute Gasteiger partial charge is 0.227 e. The van der Waals surface area contributed by atoms with E-state index in [1.54, 1.807) is 17.3 Å². The third-order valence-electron chi connectivity index (χ3n) is 6.71. The van der Waals surface area contributed by atoms with Crippen molar-refractivity contribution in [2.45, 2.75) is 51.1 Å². The van der Waals surface area contributed by atoms with Crippen LogP contribution in [0.2, 0.25) is 0 Å². The zero-order valence-corrected chi connectivity index (χ0v) is 16.8. The predicted octanol–water partition coefficient (Wildman–Crippen LogP) is 0.950. The maximum atomic E-state index is 13.1. The van der Waals surface area contributed by atoms with E-state index in [0.717, 1.165) is 50.0 Å². The Morgan fingerprint density at radius 1 is 1.28 bits per heavy atom. The maximum absolute atomic E-state index is 13.1. The minimum absolute atomic E-state index is 0.133. The van der Waals surface area contributed by atoms with Crippen LogP contribution in [0.4, 0.5) is 0 Å². The molecule has 154 valence electrons. The molecule has 29 heavy (non-hydrogen) atoms. The molecule has 3 aliphatic rings. The number of fused-ring (bicyclic) bond motifs is 2. The first-order valence-corrected chi connectivity index (χ1v) is 10.5. The highest BCUT2D eigenvalue weighted by Crippen LogP contribution is 2.45. The number of imidazole rings is 1. The lowest BCUT2D eigenvalue weighted by atomic mass is 9.78. The first kappa shape index (κ1) is 18.3. The number of piperidine rings is 1. The lowest BCUT2D eigenvalue weighted by Gasteiger charge is -2.50. The third-order valence-corrected chi connectivity index (χ3v) is 6.71. The van der Waals surface area contributed by atoms with E-state index in [9.17, 15) is 9.59 Å². The van der Waals surface area contributed by atoms with Gasteiger partial charge in [0.2, 0.25) is 11.8 Å². The molecule has 1 spiro atoms. The van der Waals surface area contributed by atoms with Gasteiger partial charge < -0.3 is 14.8 Å². The highest BCUT2D eigenvalue weighted by Gasteiger charge is 2.51. The van der Waals surface area contributed by atoms with E-state index in [0.29, 0.717) is 19.6 Å². The summed E-state index contributed by atoms with van der Waals surface area (Å²) in [5.74, 6) is 0.434. The fourth-order valence-corrected chi connectivity index (χ4v) is 4.95. The van der Waals surface area contributed by atoms with Crippen molar-refractivity contribution >= 4 is 11.8 Å². The van der Waals surface area contributed by atoms with Crippen molar-refractivity contribution in [1.29, 1.82) is 0 Å². The number of hydrogen-bond acceptors (Lipinski definition) is 5. The minimum Gasteiger partial charge on any atom is -0.348 e. The van der Waals surface area contributed by atoms with Gasteiger partial charge in [0.15, 0.2) is 0 Å². The maximum Gasteiger partial charge on any atom is 0.227 e. The molecule has 2 aromatic rings. The number of carbonyl (C=O) groups excluding carboxylic acids is 2. The Hall–Kier alpha value is -2.71. The molecule has 0 unspecified atom stereocenters. The van der Waals surface area contributed by atoms with Crippen LogP contribution in [-0.4, -0.2) is 66.0 Å². The topological polar surface area (TPSA) is 100 Å². The van der Waals surface area contributed by atoms with Gasteiger partial charge in [-0.2, -0.15) is 5.10 Å². The molecule has 2 aromatic heterocycles. The molecule has 2 aliphatic heterocycles. The van der Waals surface area contributed by atoms with Crippen molar-refractivity contribution < 1.29 is 9.59 Å². The standard InChI is InChI=1S/C20H27N7O2/c1-14(10-26-13-21-11-24-26)18(28)25-8-5-20(6-9-25)17-16(22-12-23-17)4-7-27(20)19(29)15-2-3-15/h11-15H,2-10H2,1H3,(H,22,23)/t14-/m0/s1. The van der Waals surface area contributed by atoms with Crippen molar-refractivity contribution in [2.75, 3.05) is 19.6 Å². The zero-order valence-electron chi connectivity index (χ0n) is 16.8. The van der Waals surface area contributed by atoms with E-state index in [4.69, 9.17) is 0 Å². The summed E-state index contributed by atoms with van der Waals surface area (Å²) >= 11 is 0. The summed E-state index contributed by atoms with van der Waals surface area (Å²) in [4.78, 5) is 41.9. The fraction of sp³-hybridized carbons (Fsp3) is 0.650. The van der Waals surface area contributed by atoms with Gasteiger partial charge in [-0.05, 0) is 25.7 Å². The third kappa shape index (κ3) is 3.12. The van der Waals surface area contributed by atoms with E-state index >= 15 is 0 Å². The van der Waals surface area contributed by atoms with Crippen LogP contribution in [0.5, 0.6) is 0 Å². The van der Waals surface area contributed by atoms with E-state index in [2.05, 4.69) is 25.0 Å². The first-order valence-electron chi connectivity index (χ1n) is 10.5. The van der Waals surface area contributed by atoms with Crippen LogP contribution in [0.3, 0.4) is 0 Å². The van der Waals surface area contributed by atoms with Crippen molar-refractivity contribution in [2.24, 2.45) is 11.8 Å². The van der Waals surface area contributed by atoms with Gasteiger partial charge in [-0.25, -0.2) is 9.97 Å². The van der Waals surface area contributed by atoms with Crippen LogP contribution >= 0.6 is 0 Å². The Balaban J connectivity index is 1.33. The SMILES string of the molecule is C[C@@H](Cn1cncn1)C(=O)N1CCC2(CC1)c1nc[nH]c1CCN2C(=O)C1CC1. The van der Waals surface area contributed by atoms with Gasteiger partial charge in [0.05, 0.1) is 30.0 Å². The van der Waals surface area contributed by atoms with Gasteiger partial charge in [0.1, 0.15) is 12.7 Å². The molecular formula is C20H27N7O2. The number of nitrogens with one attached hydrogen (secondary N) is 1. The van der Waals surface area contributed by atoms with Crippen molar-refractivity contribution in [1.82, 2.24) is 34.5 Å². The Kier molecular flexibility index (Phi) is 4.40. The average molecular weight is 397 g/mol. The van der Waals surface area contributed by atoms with Crippen LogP contribution in [0.15, 0.2) is 19.0 Å². The van der Waals surface area contributed by atoms with Crippen molar-refractivity contribution in [3.63, 3.8) is 0 Å². The summed E-state index contributed by atoms with van der Waals surface area (Å²) < 4.78 is 1.70. The van der Waals surface area contributed by atoms with E-state index in [1.807, 2.05) is 11.8 Å². The normalized spacial score (nSPS) is 21.8. The molecule has 9 nitrogen and oxygen atoms in total. The first-order chi connectivity index (χ1) is 14.1. The molecule has 1 N–H and O–H groups in total. The van der Waals surface area contributed by atoms with Crippen molar-refractivity contribution in [3.8, 4) is 0 Å². The summed E-state index contributed by atoms with van der Waals surface area (Å²) in [5.41, 5.74) is 1.78. The van der Waals surface area contributed by atoms with Crippen LogP contribution in [0.1, 0.15) is 44.0 Å². The summed E-state index contributed by atoms with van der Waals surface area (Å²) in [7, 11) is 0. The number of aromatic nitrogens is 5. The van der Waals surface area contributed by atoms with Crippen LogP contribution in [0.25, 0.3) is 0 Å². The molecule has 0 bridgehead atoms. The second kappa shape index (κ2) is 6.96. The molecule has 5 rings (SSSR count). The number of H-pyrrole nitrogens is 1. The van der Waals surface area contributed by atoms with E-state index < -0.39 is 0 Å². The molecule has 0 aromatic carbocycles. The number of likely N-dealkylation sites (tertiary alicyclic amines) is 1. The molecule has 1 aliphatic carbocycles. The predicted molar refractivity (Wildman–Crippen MR) is 103 cm³/mol. The number of aromatic amines is 1. The second-order valence-electron chi connectivity index (χ2n) is 8.62. The van der Waals surface area contributed by atoms with Crippen LogP contribution < -0.4 is 0 Å².